The van der Waals surface area contributed by atoms with E-state index in [1.165, 1.54) is 25.0 Å². The normalized spacial score (nSPS) is 13.5. The summed E-state index contributed by atoms with van der Waals surface area (Å²) in [4.78, 5) is 100. The van der Waals surface area contributed by atoms with Gasteiger partial charge in [0.05, 0.1) is 25.2 Å². The zero-order valence-electron chi connectivity index (χ0n) is 25.5. The summed E-state index contributed by atoms with van der Waals surface area (Å²) in [6.45, 7) is 2.47. The second-order valence-corrected chi connectivity index (χ2v) is 10.9. The molecule has 2 rings (SSSR count). The van der Waals surface area contributed by atoms with E-state index in [9.17, 15) is 33.6 Å². The van der Waals surface area contributed by atoms with Gasteiger partial charge in [-0.25, -0.2) is 9.97 Å². The maximum absolute atomic E-state index is 13.6. The number of aromatic nitrogens is 4. The fraction of sp³-hybridized carbons (Fsp3) is 0.519. The number of primary amides is 1. The van der Waals surface area contributed by atoms with E-state index in [4.69, 9.17) is 16.6 Å². The molecule has 0 spiro atoms. The molecule has 6 amide bonds. The Kier molecular flexibility index (Phi) is 14.8. The molecule has 0 aliphatic rings. The third kappa shape index (κ3) is 13.5. The number of aliphatic carboxylic acids is 1. The van der Waals surface area contributed by atoms with Gasteiger partial charge in [0, 0.05) is 43.0 Å². The monoisotopic (exact) mass is 647 g/mol. The lowest BCUT2D eigenvalue weighted by atomic mass is 10.0. The van der Waals surface area contributed by atoms with E-state index in [0.717, 1.165) is 0 Å². The van der Waals surface area contributed by atoms with Crippen molar-refractivity contribution in [1.82, 2.24) is 46.5 Å². The van der Waals surface area contributed by atoms with Crippen LogP contribution in [-0.2, 0) is 46.4 Å². The fourth-order valence-corrected chi connectivity index (χ4v) is 4.13. The highest BCUT2D eigenvalue weighted by molar-refractivity contribution is 5.95. The van der Waals surface area contributed by atoms with Crippen LogP contribution >= 0.6 is 0 Å². The zero-order chi connectivity index (χ0) is 34.2. The highest BCUT2D eigenvalue weighted by atomic mass is 16.4. The van der Waals surface area contributed by atoms with Crippen molar-refractivity contribution in [3.8, 4) is 0 Å². The third-order valence-electron chi connectivity index (χ3n) is 6.46. The summed E-state index contributed by atoms with van der Waals surface area (Å²) >= 11 is 0. The molecule has 0 aliphatic heterocycles. The second kappa shape index (κ2) is 18.5. The minimum absolute atomic E-state index is 0.0507. The topological polar surface area (TPSA) is 309 Å². The molecular weight excluding hydrogens is 606 g/mol. The van der Waals surface area contributed by atoms with Crippen LogP contribution in [0, 0.1) is 5.92 Å². The molecule has 2 heterocycles. The Labute approximate surface area is 263 Å². The summed E-state index contributed by atoms with van der Waals surface area (Å²) < 4.78 is 0. The number of carbonyl (C=O) groups excluding carboxylic acids is 6. The first kappa shape index (κ1) is 36.9. The Balaban J connectivity index is 2.22. The summed E-state index contributed by atoms with van der Waals surface area (Å²) in [7, 11) is 0. The maximum atomic E-state index is 13.6. The van der Waals surface area contributed by atoms with Gasteiger partial charge in [-0.1, -0.05) is 13.8 Å². The molecule has 0 radical (unpaired) electrons. The summed E-state index contributed by atoms with van der Waals surface area (Å²) in [6.07, 6.45) is 5.50. The molecule has 4 atom stereocenters. The maximum Gasteiger partial charge on any atom is 0.322 e. The van der Waals surface area contributed by atoms with Gasteiger partial charge in [-0.15, -0.1) is 0 Å². The number of hydrogen-bond donors (Lipinski definition) is 10. The SMILES string of the molecule is CC(C)CC(NC(=O)C(Cc1cnc[nH]1)NC(=O)C(Cc1cnc[nH]1)NC(=O)C(N)CCC(N)=O)C(=O)NCC(=O)NCC(=O)O. The first-order chi connectivity index (χ1) is 21.7. The van der Waals surface area contributed by atoms with E-state index in [1.54, 1.807) is 0 Å². The van der Waals surface area contributed by atoms with Gasteiger partial charge in [0.15, 0.2) is 0 Å². The van der Waals surface area contributed by atoms with Crippen LogP contribution in [0.3, 0.4) is 0 Å². The van der Waals surface area contributed by atoms with Gasteiger partial charge in [-0.3, -0.25) is 33.6 Å². The molecule has 46 heavy (non-hydrogen) atoms. The number of aromatic amines is 2. The number of hydrogen-bond acceptors (Lipinski definition) is 10. The van der Waals surface area contributed by atoms with Crippen LogP contribution in [0.15, 0.2) is 25.0 Å². The van der Waals surface area contributed by atoms with Crippen molar-refractivity contribution in [1.29, 1.82) is 0 Å². The van der Waals surface area contributed by atoms with E-state index < -0.39 is 78.7 Å². The molecular formula is C27H41N11O8. The molecule has 0 saturated carbocycles. The molecule has 252 valence electrons. The number of carboxylic acids is 1. The number of carboxylic acid groups (broad SMARTS) is 1. The fourth-order valence-electron chi connectivity index (χ4n) is 4.13. The van der Waals surface area contributed by atoms with E-state index in [-0.39, 0.29) is 38.0 Å². The second-order valence-electron chi connectivity index (χ2n) is 10.9. The number of carbonyl (C=O) groups is 7. The lowest BCUT2D eigenvalue weighted by Gasteiger charge is -2.26. The molecule has 0 fully saturated rings. The average molecular weight is 648 g/mol. The number of H-pyrrole nitrogens is 2. The van der Waals surface area contributed by atoms with E-state index in [2.05, 4.69) is 46.5 Å². The van der Waals surface area contributed by atoms with Crippen LogP contribution in [0.4, 0.5) is 0 Å². The van der Waals surface area contributed by atoms with Gasteiger partial charge >= 0.3 is 5.97 Å². The van der Waals surface area contributed by atoms with Crippen LogP contribution in [0.2, 0.25) is 0 Å². The predicted octanol–water partition coefficient (Wildman–Crippen LogP) is -3.67. The molecule has 0 aromatic carbocycles. The van der Waals surface area contributed by atoms with Crippen molar-refractivity contribution in [2.45, 2.75) is 70.1 Å². The molecule has 4 unspecified atom stereocenters. The average Bonchev–Trinajstić information content (AvgIpc) is 3.70. The molecule has 0 saturated heterocycles. The minimum atomic E-state index is -1.26. The van der Waals surface area contributed by atoms with Crippen LogP contribution in [0.25, 0.3) is 0 Å². The lowest BCUT2D eigenvalue weighted by molar-refractivity contribution is -0.138. The number of amides is 6. The van der Waals surface area contributed by atoms with Gasteiger partial charge in [-0.05, 0) is 18.8 Å². The largest absolute Gasteiger partial charge is 0.480 e. The molecule has 19 nitrogen and oxygen atoms in total. The Hall–Kier alpha value is -5.33. The van der Waals surface area contributed by atoms with Crippen LogP contribution in [0.1, 0.15) is 44.5 Å². The van der Waals surface area contributed by atoms with Crippen molar-refractivity contribution in [2.75, 3.05) is 13.1 Å². The van der Waals surface area contributed by atoms with E-state index in [0.29, 0.717) is 11.4 Å². The standard InChI is InChI=1S/C27H41N11O8/c1-14(2)5-18(25(44)33-10-22(40)32-11-23(41)42)37-27(46)20(7-16-9-31-13-35-16)38-26(45)19(6-15-8-30-12-34-15)36-24(43)17(28)3-4-21(29)39/h8-9,12-14,17-20H,3-7,10-11,28H2,1-2H3,(H2,29,39)(H,30,34)(H,31,35)(H,32,40)(H,33,44)(H,36,43)(H,37,46)(H,38,45)(H,41,42). The van der Waals surface area contributed by atoms with Gasteiger partial charge in [-0.2, -0.15) is 0 Å². The Bertz CT molecular complexity index is 1330. The molecule has 2 aromatic rings. The highest BCUT2D eigenvalue weighted by Gasteiger charge is 2.31. The smallest absolute Gasteiger partial charge is 0.322 e. The Morgan fingerprint density at radius 2 is 1.30 bits per heavy atom. The van der Waals surface area contributed by atoms with E-state index in [1.807, 2.05) is 13.8 Å². The molecule has 2 aromatic heterocycles. The van der Waals surface area contributed by atoms with Crippen LogP contribution in [0.5, 0.6) is 0 Å². The summed E-state index contributed by atoms with van der Waals surface area (Å²) in [5, 5.41) is 21.0. The van der Waals surface area contributed by atoms with Crippen molar-refractivity contribution >= 4 is 41.4 Å². The first-order valence-electron chi connectivity index (χ1n) is 14.4. The highest BCUT2D eigenvalue weighted by Crippen LogP contribution is 2.08. The molecule has 0 bridgehead atoms. The van der Waals surface area contributed by atoms with Gasteiger partial charge in [0.25, 0.3) is 0 Å². The summed E-state index contributed by atoms with van der Waals surface area (Å²) in [6, 6.07) is -4.76. The van der Waals surface area contributed by atoms with Crippen molar-refractivity contribution < 1.29 is 38.7 Å². The Morgan fingerprint density at radius 1 is 0.783 bits per heavy atom. The number of rotatable bonds is 20. The Morgan fingerprint density at radius 3 is 1.76 bits per heavy atom. The predicted molar refractivity (Wildman–Crippen MR) is 160 cm³/mol. The number of imidazole rings is 2. The molecule has 0 aliphatic carbocycles. The summed E-state index contributed by atoms with van der Waals surface area (Å²) in [5.74, 6) is -5.65. The third-order valence-corrected chi connectivity index (χ3v) is 6.46. The lowest BCUT2D eigenvalue weighted by Crippen LogP contribution is -2.59. The number of nitrogens with two attached hydrogens (primary N) is 2. The van der Waals surface area contributed by atoms with Crippen molar-refractivity contribution in [2.24, 2.45) is 17.4 Å². The quantitative estimate of drug-likeness (QED) is 0.0667. The van der Waals surface area contributed by atoms with Crippen molar-refractivity contribution in [3.05, 3.63) is 36.4 Å². The number of nitrogens with one attached hydrogen (secondary N) is 7. The molecule has 12 N–H and O–H groups in total. The number of nitrogens with zero attached hydrogens (tertiary/aromatic N) is 2. The molecule has 19 heteroatoms. The van der Waals surface area contributed by atoms with E-state index >= 15 is 0 Å². The zero-order valence-corrected chi connectivity index (χ0v) is 25.5. The van der Waals surface area contributed by atoms with Gasteiger partial charge in [0.1, 0.15) is 24.7 Å². The van der Waals surface area contributed by atoms with Crippen LogP contribution in [-0.4, -0.2) is 104 Å². The van der Waals surface area contributed by atoms with Gasteiger partial charge in [0.2, 0.25) is 35.4 Å². The van der Waals surface area contributed by atoms with Gasteiger partial charge < -0.3 is 53.1 Å². The minimum Gasteiger partial charge on any atom is -0.480 e. The first-order valence-corrected chi connectivity index (χ1v) is 14.4. The summed E-state index contributed by atoms with van der Waals surface area (Å²) in [5.41, 5.74) is 12.0. The van der Waals surface area contributed by atoms with Crippen LogP contribution < -0.4 is 38.1 Å². The van der Waals surface area contributed by atoms with Crippen molar-refractivity contribution in [3.63, 3.8) is 0 Å².